The van der Waals surface area contributed by atoms with Gasteiger partial charge in [-0.05, 0) is 92.7 Å². The standard InChI is InChI=1S/C20H14I2N2O5/c21-15-8-13(10-23-24-19(25)17-2-1-7-28-17)9-16(22)18(15)29-11-12-3-5-14(6-4-12)20(26)27/h1-10H,11H2,(H,24,25)(H,26,27)/b23-10+. The number of carboxylic acid groups (broad SMARTS) is 1. The van der Waals surface area contributed by atoms with Crippen LogP contribution in [-0.4, -0.2) is 23.2 Å². The zero-order chi connectivity index (χ0) is 20.8. The highest BCUT2D eigenvalue weighted by Gasteiger charge is 2.10. The van der Waals surface area contributed by atoms with Crippen molar-refractivity contribution in [1.29, 1.82) is 0 Å². The van der Waals surface area contributed by atoms with E-state index in [4.69, 9.17) is 14.3 Å². The van der Waals surface area contributed by atoms with E-state index in [1.165, 1.54) is 6.26 Å². The molecule has 9 heteroatoms. The highest BCUT2D eigenvalue weighted by molar-refractivity contribution is 14.1. The Balaban J connectivity index is 1.63. The zero-order valence-electron chi connectivity index (χ0n) is 14.8. The van der Waals surface area contributed by atoms with Crippen LogP contribution < -0.4 is 10.2 Å². The average Bonchev–Trinajstić information content (AvgIpc) is 3.22. The van der Waals surface area contributed by atoms with Crippen molar-refractivity contribution in [2.45, 2.75) is 6.61 Å². The zero-order valence-corrected chi connectivity index (χ0v) is 19.1. The van der Waals surface area contributed by atoms with E-state index in [0.717, 1.165) is 24.0 Å². The van der Waals surface area contributed by atoms with Crippen LogP contribution in [0, 0.1) is 7.14 Å². The van der Waals surface area contributed by atoms with Crippen LogP contribution in [0.4, 0.5) is 0 Å². The number of ether oxygens (including phenoxy) is 1. The first-order valence-corrected chi connectivity index (χ1v) is 10.4. The smallest absolute Gasteiger partial charge is 0.335 e. The van der Waals surface area contributed by atoms with Gasteiger partial charge in [0.15, 0.2) is 5.76 Å². The van der Waals surface area contributed by atoms with E-state index in [1.54, 1.807) is 42.6 Å². The molecule has 29 heavy (non-hydrogen) atoms. The summed E-state index contributed by atoms with van der Waals surface area (Å²) in [5.74, 6) is -0.472. The Bertz CT molecular complexity index is 1020. The number of benzene rings is 2. The fraction of sp³-hybridized carbons (Fsp3) is 0.0500. The number of nitrogens with one attached hydrogen (secondary N) is 1. The topological polar surface area (TPSA) is 101 Å². The van der Waals surface area contributed by atoms with Crippen LogP contribution >= 0.6 is 45.2 Å². The van der Waals surface area contributed by atoms with Crippen LogP contribution in [0.25, 0.3) is 0 Å². The number of carbonyl (C=O) groups is 2. The van der Waals surface area contributed by atoms with E-state index in [0.29, 0.717) is 6.61 Å². The second kappa shape index (κ2) is 9.87. The Hall–Kier alpha value is -2.41. The van der Waals surface area contributed by atoms with E-state index in [1.807, 2.05) is 12.1 Å². The fourth-order valence-electron chi connectivity index (χ4n) is 2.32. The lowest BCUT2D eigenvalue weighted by Crippen LogP contribution is -2.16. The fourth-order valence-corrected chi connectivity index (χ4v) is 4.45. The van der Waals surface area contributed by atoms with Crippen LogP contribution in [0.3, 0.4) is 0 Å². The summed E-state index contributed by atoms with van der Waals surface area (Å²) < 4.78 is 12.7. The van der Waals surface area contributed by atoms with Crippen LogP contribution in [0.2, 0.25) is 0 Å². The lowest BCUT2D eigenvalue weighted by Gasteiger charge is -2.11. The van der Waals surface area contributed by atoms with Crippen molar-refractivity contribution in [1.82, 2.24) is 5.43 Å². The minimum absolute atomic E-state index is 0.187. The van der Waals surface area contributed by atoms with Gasteiger partial charge in [-0.1, -0.05) is 12.1 Å². The van der Waals surface area contributed by atoms with Crippen molar-refractivity contribution in [2.75, 3.05) is 0 Å². The van der Waals surface area contributed by atoms with Crippen LogP contribution in [0.5, 0.6) is 5.75 Å². The lowest BCUT2D eigenvalue weighted by molar-refractivity contribution is 0.0696. The van der Waals surface area contributed by atoms with Gasteiger partial charge in [0.25, 0.3) is 0 Å². The van der Waals surface area contributed by atoms with E-state index in [-0.39, 0.29) is 11.3 Å². The maximum absolute atomic E-state index is 11.8. The first-order valence-electron chi connectivity index (χ1n) is 8.25. The highest BCUT2D eigenvalue weighted by Crippen LogP contribution is 2.29. The molecule has 0 bridgehead atoms. The summed E-state index contributed by atoms with van der Waals surface area (Å²) in [5, 5.41) is 12.9. The van der Waals surface area contributed by atoms with Crippen molar-refractivity contribution in [3.05, 3.63) is 84.4 Å². The number of hydrogen-bond donors (Lipinski definition) is 2. The van der Waals surface area contributed by atoms with Crippen LogP contribution in [-0.2, 0) is 6.61 Å². The quantitative estimate of drug-likeness (QED) is 0.231. The van der Waals surface area contributed by atoms with Gasteiger partial charge < -0.3 is 14.3 Å². The molecule has 0 aliphatic carbocycles. The molecule has 0 spiro atoms. The molecule has 1 aromatic heterocycles. The molecule has 148 valence electrons. The molecule has 2 N–H and O–H groups in total. The summed E-state index contributed by atoms with van der Waals surface area (Å²) in [7, 11) is 0. The molecular weight excluding hydrogens is 602 g/mol. The SMILES string of the molecule is O=C(O)c1ccc(COc2c(I)cc(/C=N/NC(=O)c3ccco3)cc2I)cc1. The van der Waals surface area contributed by atoms with Gasteiger partial charge >= 0.3 is 11.9 Å². The highest BCUT2D eigenvalue weighted by atomic mass is 127. The number of nitrogens with zero attached hydrogens (tertiary/aromatic N) is 1. The molecule has 0 saturated heterocycles. The molecule has 0 unspecified atom stereocenters. The van der Waals surface area contributed by atoms with E-state index >= 15 is 0 Å². The molecule has 2 aromatic carbocycles. The van der Waals surface area contributed by atoms with Crippen molar-refractivity contribution in [3.8, 4) is 5.75 Å². The number of rotatable bonds is 7. The minimum Gasteiger partial charge on any atom is -0.487 e. The number of aromatic carboxylic acids is 1. The molecule has 3 aromatic rings. The van der Waals surface area contributed by atoms with E-state index in [2.05, 4.69) is 55.7 Å². The third-order valence-corrected chi connectivity index (χ3v) is 5.33. The maximum atomic E-state index is 11.8. The Morgan fingerprint density at radius 1 is 1.14 bits per heavy atom. The van der Waals surface area contributed by atoms with Gasteiger partial charge in [0.2, 0.25) is 0 Å². The number of carboxylic acids is 1. The molecule has 3 rings (SSSR count). The number of hydrogen-bond acceptors (Lipinski definition) is 5. The average molecular weight is 616 g/mol. The maximum Gasteiger partial charge on any atom is 0.335 e. The minimum atomic E-state index is -0.959. The molecule has 0 atom stereocenters. The number of hydrazone groups is 1. The first kappa shape index (κ1) is 21.3. The molecule has 0 fully saturated rings. The molecular formula is C20H14I2N2O5. The first-order chi connectivity index (χ1) is 13.9. The van der Waals surface area contributed by atoms with Gasteiger partial charge in [-0.15, -0.1) is 0 Å². The van der Waals surface area contributed by atoms with Crippen molar-refractivity contribution in [3.63, 3.8) is 0 Å². The summed E-state index contributed by atoms with van der Waals surface area (Å²) in [6, 6.07) is 13.5. The molecule has 0 aliphatic heterocycles. The van der Waals surface area contributed by atoms with Gasteiger partial charge in [-0.3, -0.25) is 4.79 Å². The Morgan fingerprint density at radius 3 is 2.41 bits per heavy atom. The van der Waals surface area contributed by atoms with Gasteiger partial charge in [0.05, 0.1) is 25.2 Å². The molecule has 1 heterocycles. The summed E-state index contributed by atoms with van der Waals surface area (Å²) in [4.78, 5) is 22.7. The lowest BCUT2D eigenvalue weighted by atomic mass is 10.1. The predicted octanol–water partition coefficient (Wildman–Crippen LogP) is 4.53. The molecule has 1 amide bonds. The van der Waals surface area contributed by atoms with Crippen molar-refractivity contribution < 1.29 is 23.8 Å². The summed E-state index contributed by atoms with van der Waals surface area (Å²) in [6.45, 7) is 0.318. The van der Waals surface area contributed by atoms with Crippen LogP contribution in [0.1, 0.15) is 32.0 Å². The Kier molecular flexibility index (Phi) is 7.25. The van der Waals surface area contributed by atoms with Crippen molar-refractivity contribution >= 4 is 63.3 Å². The number of furan rings is 1. The third kappa shape index (κ3) is 5.79. The number of carbonyl (C=O) groups excluding carboxylic acids is 1. The Labute approximate surface area is 193 Å². The van der Waals surface area contributed by atoms with Gasteiger partial charge in [-0.25, -0.2) is 10.2 Å². The largest absolute Gasteiger partial charge is 0.487 e. The molecule has 0 radical (unpaired) electrons. The van der Waals surface area contributed by atoms with E-state index in [9.17, 15) is 9.59 Å². The Morgan fingerprint density at radius 2 is 1.83 bits per heavy atom. The van der Waals surface area contributed by atoms with E-state index < -0.39 is 11.9 Å². The third-order valence-electron chi connectivity index (χ3n) is 3.73. The molecule has 0 aliphatic rings. The number of amides is 1. The second-order valence-electron chi connectivity index (χ2n) is 5.78. The molecule has 0 saturated carbocycles. The normalized spacial score (nSPS) is 10.8. The van der Waals surface area contributed by atoms with Crippen molar-refractivity contribution in [2.24, 2.45) is 5.10 Å². The monoisotopic (exact) mass is 616 g/mol. The summed E-state index contributed by atoms with van der Waals surface area (Å²) >= 11 is 4.34. The van der Waals surface area contributed by atoms with Gasteiger partial charge in [0, 0.05) is 0 Å². The summed E-state index contributed by atoms with van der Waals surface area (Å²) in [5.41, 5.74) is 4.31. The second-order valence-corrected chi connectivity index (χ2v) is 8.11. The van der Waals surface area contributed by atoms with Crippen LogP contribution in [0.15, 0.2) is 64.3 Å². The number of halogens is 2. The van der Waals surface area contributed by atoms with Gasteiger partial charge in [0.1, 0.15) is 12.4 Å². The molecule has 7 nitrogen and oxygen atoms in total. The predicted molar refractivity (Wildman–Crippen MR) is 123 cm³/mol. The van der Waals surface area contributed by atoms with Gasteiger partial charge in [-0.2, -0.15) is 5.10 Å². The summed E-state index contributed by atoms with van der Waals surface area (Å²) in [6.07, 6.45) is 2.96.